The number of nitrogens with one attached hydrogen (secondary N) is 1. The minimum atomic E-state index is -0.434. The molecule has 0 aliphatic carbocycles. The highest BCUT2D eigenvalue weighted by Crippen LogP contribution is 2.31. The lowest BCUT2D eigenvalue weighted by Crippen LogP contribution is -2.14. The topological polar surface area (TPSA) is 86.0 Å². The number of aromatic nitrogens is 3. The SMILES string of the molecule is CCOc1ccc([C@H](N)c2nc(-c3ccc(C)cc3)n[nH]2)cc1OC. The lowest BCUT2D eigenvalue weighted by molar-refractivity contribution is 0.310. The van der Waals surface area contributed by atoms with Crippen molar-refractivity contribution in [2.24, 2.45) is 5.73 Å². The van der Waals surface area contributed by atoms with E-state index in [0.717, 1.165) is 11.1 Å². The maximum atomic E-state index is 6.35. The number of hydrogen-bond donors (Lipinski definition) is 2. The van der Waals surface area contributed by atoms with Gasteiger partial charge >= 0.3 is 0 Å². The quantitative estimate of drug-likeness (QED) is 0.720. The van der Waals surface area contributed by atoms with Gasteiger partial charge in [0.25, 0.3) is 0 Å². The van der Waals surface area contributed by atoms with E-state index < -0.39 is 6.04 Å². The van der Waals surface area contributed by atoms with Crippen LogP contribution < -0.4 is 15.2 Å². The van der Waals surface area contributed by atoms with E-state index in [9.17, 15) is 0 Å². The van der Waals surface area contributed by atoms with Gasteiger partial charge in [0.2, 0.25) is 0 Å². The van der Waals surface area contributed by atoms with Crippen LogP contribution in [0.5, 0.6) is 11.5 Å². The van der Waals surface area contributed by atoms with Crippen molar-refractivity contribution in [3.8, 4) is 22.9 Å². The Bertz CT molecular complexity index is 843. The monoisotopic (exact) mass is 338 g/mol. The summed E-state index contributed by atoms with van der Waals surface area (Å²) < 4.78 is 10.9. The number of rotatable bonds is 6. The number of nitrogens with two attached hydrogens (primary N) is 1. The summed E-state index contributed by atoms with van der Waals surface area (Å²) >= 11 is 0. The number of H-pyrrole nitrogens is 1. The van der Waals surface area contributed by atoms with Crippen LogP contribution >= 0.6 is 0 Å². The molecule has 130 valence electrons. The second-order valence-electron chi connectivity index (χ2n) is 5.73. The van der Waals surface area contributed by atoms with Gasteiger partial charge in [-0.1, -0.05) is 35.9 Å². The molecule has 0 aliphatic rings. The standard InChI is InChI=1S/C19H22N4O2/c1-4-25-15-10-9-14(11-16(15)24-3)17(20)19-21-18(22-23-19)13-7-5-12(2)6-8-13/h5-11,17H,4,20H2,1-3H3,(H,21,22,23)/t17-/m0/s1. The number of aromatic amines is 1. The fourth-order valence-electron chi connectivity index (χ4n) is 2.56. The van der Waals surface area contributed by atoms with Crippen molar-refractivity contribution in [2.45, 2.75) is 19.9 Å². The molecule has 1 heterocycles. The van der Waals surface area contributed by atoms with Crippen LogP contribution in [0.2, 0.25) is 0 Å². The summed E-state index contributed by atoms with van der Waals surface area (Å²) in [6.45, 7) is 4.55. The van der Waals surface area contributed by atoms with Crippen LogP contribution in [-0.2, 0) is 0 Å². The zero-order valence-corrected chi connectivity index (χ0v) is 14.6. The van der Waals surface area contributed by atoms with Crippen LogP contribution in [-0.4, -0.2) is 28.9 Å². The van der Waals surface area contributed by atoms with Crippen LogP contribution in [0.15, 0.2) is 42.5 Å². The van der Waals surface area contributed by atoms with Gasteiger partial charge in [0.1, 0.15) is 5.82 Å². The first-order valence-electron chi connectivity index (χ1n) is 8.18. The molecule has 0 fully saturated rings. The Morgan fingerprint density at radius 3 is 2.56 bits per heavy atom. The molecule has 2 aromatic carbocycles. The predicted molar refractivity (Wildman–Crippen MR) is 96.7 cm³/mol. The Balaban J connectivity index is 1.86. The van der Waals surface area contributed by atoms with Crippen molar-refractivity contribution >= 4 is 0 Å². The molecule has 0 spiro atoms. The lowest BCUT2D eigenvalue weighted by Gasteiger charge is -2.13. The molecule has 0 bridgehead atoms. The molecule has 25 heavy (non-hydrogen) atoms. The second-order valence-corrected chi connectivity index (χ2v) is 5.73. The van der Waals surface area contributed by atoms with Gasteiger partial charge in [-0.25, -0.2) is 4.98 Å². The minimum absolute atomic E-state index is 0.434. The first-order chi connectivity index (χ1) is 12.1. The summed E-state index contributed by atoms with van der Waals surface area (Å²) in [6, 6.07) is 13.2. The van der Waals surface area contributed by atoms with Crippen molar-refractivity contribution in [1.82, 2.24) is 15.2 Å². The average molecular weight is 338 g/mol. The van der Waals surface area contributed by atoms with Crippen molar-refractivity contribution < 1.29 is 9.47 Å². The molecule has 3 aromatic rings. The zero-order valence-electron chi connectivity index (χ0n) is 14.6. The van der Waals surface area contributed by atoms with E-state index in [2.05, 4.69) is 15.2 Å². The third kappa shape index (κ3) is 3.64. The Morgan fingerprint density at radius 2 is 1.88 bits per heavy atom. The first-order valence-corrected chi connectivity index (χ1v) is 8.18. The van der Waals surface area contributed by atoms with Crippen molar-refractivity contribution in [3.63, 3.8) is 0 Å². The Labute approximate surface area is 147 Å². The number of aryl methyl sites for hydroxylation is 1. The molecule has 0 radical (unpaired) electrons. The van der Waals surface area contributed by atoms with E-state index in [0.29, 0.717) is 29.8 Å². The summed E-state index contributed by atoms with van der Waals surface area (Å²) in [5, 5.41) is 7.22. The highest BCUT2D eigenvalue weighted by molar-refractivity contribution is 5.55. The predicted octanol–water partition coefficient (Wildman–Crippen LogP) is 3.24. The number of benzene rings is 2. The molecule has 1 atom stereocenters. The summed E-state index contributed by atoms with van der Waals surface area (Å²) in [6.07, 6.45) is 0. The van der Waals surface area contributed by atoms with Gasteiger partial charge in [-0.15, -0.1) is 0 Å². The largest absolute Gasteiger partial charge is 0.493 e. The molecule has 6 nitrogen and oxygen atoms in total. The molecule has 0 saturated carbocycles. The molecule has 1 aromatic heterocycles. The number of ether oxygens (including phenoxy) is 2. The minimum Gasteiger partial charge on any atom is -0.493 e. The highest BCUT2D eigenvalue weighted by atomic mass is 16.5. The molecule has 3 N–H and O–H groups in total. The molecule has 6 heteroatoms. The van der Waals surface area contributed by atoms with E-state index in [4.69, 9.17) is 15.2 Å². The molecule has 0 amide bonds. The molecule has 0 saturated heterocycles. The Morgan fingerprint density at radius 1 is 1.12 bits per heavy atom. The van der Waals surface area contributed by atoms with Gasteiger partial charge in [-0.2, -0.15) is 5.10 Å². The van der Waals surface area contributed by atoms with Crippen molar-refractivity contribution in [3.05, 3.63) is 59.4 Å². The van der Waals surface area contributed by atoms with E-state index >= 15 is 0 Å². The van der Waals surface area contributed by atoms with Crippen LogP contribution in [0.4, 0.5) is 0 Å². The molecular formula is C19H22N4O2. The summed E-state index contributed by atoms with van der Waals surface area (Å²) in [4.78, 5) is 4.54. The zero-order chi connectivity index (χ0) is 17.8. The van der Waals surface area contributed by atoms with Crippen LogP contribution in [0.25, 0.3) is 11.4 Å². The maximum Gasteiger partial charge on any atom is 0.181 e. The Kier molecular flexibility index (Phi) is 5.00. The molecule has 3 rings (SSSR count). The van der Waals surface area contributed by atoms with E-state index in [1.807, 2.05) is 56.3 Å². The van der Waals surface area contributed by atoms with Gasteiger partial charge in [-0.05, 0) is 31.5 Å². The van der Waals surface area contributed by atoms with Crippen LogP contribution in [0.3, 0.4) is 0 Å². The smallest absolute Gasteiger partial charge is 0.181 e. The van der Waals surface area contributed by atoms with Gasteiger partial charge < -0.3 is 15.2 Å². The first kappa shape index (κ1) is 17.0. The van der Waals surface area contributed by atoms with E-state index in [1.54, 1.807) is 7.11 Å². The van der Waals surface area contributed by atoms with E-state index in [1.165, 1.54) is 5.56 Å². The molecule has 0 unspecified atom stereocenters. The maximum absolute atomic E-state index is 6.35. The third-order valence-electron chi connectivity index (χ3n) is 3.95. The summed E-state index contributed by atoms with van der Waals surface area (Å²) in [5.41, 5.74) is 9.36. The fraction of sp³-hybridized carbons (Fsp3) is 0.263. The van der Waals surface area contributed by atoms with Gasteiger partial charge in [0, 0.05) is 5.56 Å². The third-order valence-corrected chi connectivity index (χ3v) is 3.95. The highest BCUT2D eigenvalue weighted by Gasteiger charge is 2.17. The fourth-order valence-corrected chi connectivity index (χ4v) is 2.56. The molecular weight excluding hydrogens is 316 g/mol. The van der Waals surface area contributed by atoms with Gasteiger partial charge in [-0.3, -0.25) is 5.10 Å². The summed E-state index contributed by atoms with van der Waals surface area (Å²) in [7, 11) is 1.61. The van der Waals surface area contributed by atoms with Crippen LogP contribution in [0, 0.1) is 6.92 Å². The van der Waals surface area contributed by atoms with Crippen molar-refractivity contribution in [1.29, 1.82) is 0 Å². The number of hydrogen-bond acceptors (Lipinski definition) is 5. The average Bonchev–Trinajstić information content (AvgIpc) is 3.12. The second kappa shape index (κ2) is 7.36. The lowest BCUT2D eigenvalue weighted by atomic mass is 10.1. The van der Waals surface area contributed by atoms with Gasteiger partial charge in [0.15, 0.2) is 17.3 Å². The van der Waals surface area contributed by atoms with Crippen LogP contribution in [0.1, 0.15) is 29.9 Å². The van der Waals surface area contributed by atoms with Crippen molar-refractivity contribution in [2.75, 3.05) is 13.7 Å². The Hall–Kier alpha value is -2.86. The number of nitrogens with zero attached hydrogens (tertiary/aromatic N) is 2. The molecule has 0 aliphatic heterocycles. The summed E-state index contributed by atoms with van der Waals surface area (Å²) in [5.74, 6) is 2.57. The number of methoxy groups -OCH3 is 1. The van der Waals surface area contributed by atoms with Gasteiger partial charge in [0.05, 0.1) is 19.8 Å². The normalized spacial score (nSPS) is 12.0. The van der Waals surface area contributed by atoms with E-state index in [-0.39, 0.29) is 0 Å².